The molecular formula is C12H17F2NO. The van der Waals surface area contributed by atoms with Gasteiger partial charge in [-0.3, -0.25) is 0 Å². The molecule has 1 aromatic carbocycles. The third kappa shape index (κ3) is 3.54. The second-order valence-electron chi connectivity index (χ2n) is 4.15. The Balaban J connectivity index is 2.60. The smallest absolute Gasteiger partial charge is 0.130 e. The summed E-state index contributed by atoms with van der Waals surface area (Å²) in [5.74, 6) is -0.884. The Bertz CT molecular complexity index is 342. The summed E-state index contributed by atoms with van der Waals surface area (Å²) in [6.07, 6.45) is 0. The number of hydrogen-bond acceptors (Lipinski definition) is 2. The van der Waals surface area contributed by atoms with Gasteiger partial charge in [-0.15, -0.1) is 0 Å². The van der Waals surface area contributed by atoms with Gasteiger partial charge in [-0.05, 0) is 12.0 Å². The summed E-state index contributed by atoms with van der Waals surface area (Å²) in [5, 5.41) is 12.1. The number of nitrogens with one attached hydrogen (secondary N) is 1. The van der Waals surface area contributed by atoms with Gasteiger partial charge in [0.2, 0.25) is 0 Å². The lowest BCUT2D eigenvalue weighted by Gasteiger charge is -2.20. The van der Waals surface area contributed by atoms with Crippen LogP contribution in [0.15, 0.2) is 18.2 Å². The van der Waals surface area contributed by atoms with Crippen molar-refractivity contribution >= 4 is 0 Å². The summed E-state index contributed by atoms with van der Waals surface area (Å²) in [6, 6.07) is 3.42. The first-order valence-corrected chi connectivity index (χ1v) is 5.32. The van der Waals surface area contributed by atoms with Gasteiger partial charge in [0, 0.05) is 24.2 Å². The van der Waals surface area contributed by atoms with Gasteiger partial charge in [-0.1, -0.05) is 19.9 Å². The summed E-state index contributed by atoms with van der Waals surface area (Å²) < 4.78 is 25.9. The van der Waals surface area contributed by atoms with Crippen LogP contribution in [-0.2, 0) is 6.54 Å². The fourth-order valence-corrected chi connectivity index (χ4v) is 1.42. The monoisotopic (exact) mass is 229 g/mol. The van der Waals surface area contributed by atoms with Crippen LogP contribution in [0.25, 0.3) is 0 Å². The van der Waals surface area contributed by atoms with Gasteiger partial charge in [0.1, 0.15) is 11.6 Å². The van der Waals surface area contributed by atoms with Crippen molar-refractivity contribution in [3.8, 4) is 0 Å². The van der Waals surface area contributed by atoms with Gasteiger partial charge in [-0.2, -0.15) is 0 Å². The molecule has 90 valence electrons. The van der Waals surface area contributed by atoms with E-state index in [2.05, 4.69) is 5.32 Å². The zero-order valence-electron chi connectivity index (χ0n) is 9.50. The standard InChI is InChI=1S/C12H17F2NO/c1-8(2)12(7-16)15-6-9-3-4-10(13)5-11(9)14/h3-5,8,12,15-16H,6-7H2,1-2H3. The molecule has 0 bridgehead atoms. The Morgan fingerprint density at radius 2 is 2.00 bits per heavy atom. The largest absolute Gasteiger partial charge is 0.395 e. The van der Waals surface area contributed by atoms with E-state index >= 15 is 0 Å². The molecular weight excluding hydrogens is 212 g/mol. The molecule has 0 amide bonds. The van der Waals surface area contributed by atoms with Crippen molar-refractivity contribution in [3.63, 3.8) is 0 Å². The van der Waals surface area contributed by atoms with Gasteiger partial charge in [0.15, 0.2) is 0 Å². The van der Waals surface area contributed by atoms with E-state index < -0.39 is 11.6 Å². The maximum absolute atomic E-state index is 13.3. The molecule has 2 N–H and O–H groups in total. The molecule has 4 heteroatoms. The number of benzene rings is 1. The molecule has 0 aliphatic rings. The number of hydrogen-bond donors (Lipinski definition) is 2. The Kier molecular flexibility index (Phi) is 4.83. The van der Waals surface area contributed by atoms with E-state index in [1.807, 2.05) is 13.8 Å². The molecule has 0 heterocycles. The first-order chi connectivity index (χ1) is 7.54. The van der Waals surface area contributed by atoms with Crippen molar-refractivity contribution in [1.82, 2.24) is 5.32 Å². The van der Waals surface area contributed by atoms with Gasteiger partial charge in [0.25, 0.3) is 0 Å². The average molecular weight is 229 g/mol. The van der Waals surface area contributed by atoms with Crippen molar-refractivity contribution in [2.75, 3.05) is 6.61 Å². The molecule has 0 fully saturated rings. The first-order valence-electron chi connectivity index (χ1n) is 5.32. The van der Waals surface area contributed by atoms with E-state index in [1.54, 1.807) is 0 Å². The zero-order valence-corrected chi connectivity index (χ0v) is 9.50. The highest BCUT2D eigenvalue weighted by molar-refractivity contribution is 5.18. The summed E-state index contributed by atoms with van der Waals surface area (Å²) in [4.78, 5) is 0. The number of rotatable bonds is 5. The van der Waals surface area contributed by atoms with Crippen molar-refractivity contribution < 1.29 is 13.9 Å². The van der Waals surface area contributed by atoms with Crippen LogP contribution in [0.3, 0.4) is 0 Å². The molecule has 2 nitrogen and oxygen atoms in total. The minimum Gasteiger partial charge on any atom is -0.395 e. The Morgan fingerprint density at radius 1 is 1.31 bits per heavy atom. The molecule has 0 aromatic heterocycles. The van der Waals surface area contributed by atoms with E-state index in [0.717, 1.165) is 6.07 Å². The normalized spacial score (nSPS) is 13.1. The second-order valence-corrected chi connectivity index (χ2v) is 4.15. The molecule has 0 aliphatic carbocycles. The Morgan fingerprint density at radius 3 is 2.50 bits per heavy atom. The molecule has 1 unspecified atom stereocenters. The SMILES string of the molecule is CC(C)C(CO)NCc1ccc(F)cc1F. The van der Waals surface area contributed by atoms with Gasteiger partial charge in [-0.25, -0.2) is 8.78 Å². The van der Waals surface area contributed by atoms with Gasteiger partial charge >= 0.3 is 0 Å². The Hall–Kier alpha value is -1.00. The predicted octanol–water partition coefficient (Wildman–Crippen LogP) is 2.07. The summed E-state index contributed by atoms with van der Waals surface area (Å²) in [6.45, 7) is 4.22. The van der Waals surface area contributed by atoms with Crippen LogP contribution < -0.4 is 5.32 Å². The highest BCUT2D eigenvalue weighted by Gasteiger charge is 2.12. The molecule has 0 aliphatic heterocycles. The van der Waals surface area contributed by atoms with Crippen LogP contribution in [0.5, 0.6) is 0 Å². The van der Waals surface area contributed by atoms with E-state index in [1.165, 1.54) is 12.1 Å². The number of aliphatic hydroxyl groups excluding tert-OH is 1. The lowest BCUT2D eigenvalue weighted by molar-refractivity contribution is 0.209. The molecule has 1 aromatic rings. The highest BCUT2D eigenvalue weighted by atomic mass is 19.1. The highest BCUT2D eigenvalue weighted by Crippen LogP contribution is 2.10. The minimum atomic E-state index is -0.580. The maximum atomic E-state index is 13.3. The zero-order chi connectivity index (χ0) is 12.1. The van der Waals surface area contributed by atoms with E-state index in [-0.39, 0.29) is 25.1 Å². The number of aliphatic hydroxyl groups is 1. The van der Waals surface area contributed by atoms with E-state index in [0.29, 0.717) is 5.56 Å². The van der Waals surface area contributed by atoms with E-state index in [9.17, 15) is 8.78 Å². The maximum Gasteiger partial charge on any atom is 0.130 e. The Labute approximate surface area is 94.3 Å². The van der Waals surface area contributed by atoms with Crippen LogP contribution in [0.4, 0.5) is 8.78 Å². The fourth-order valence-electron chi connectivity index (χ4n) is 1.42. The fraction of sp³-hybridized carbons (Fsp3) is 0.500. The van der Waals surface area contributed by atoms with Crippen LogP contribution in [0, 0.1) is 17.6 Å². The third-order valence-corrected chi connectivity index (χ3v) is 2.57. The molecule has 1 atom stereocenters. The van der Waals surface area contributed by atoms with Crippen LogP contribution in [0.1, 0.15) is 19.4 Å². The van der Waals surface area contributed by atoms with Gasteiger partial charge in [0.05, 0.1) is 6.61 Å². The average Bonchev–Trinajstić information content (AvgIpc) is 2.21. The topological polar surface area (TPSA) is 32.3 Å². The molecule has 0 saturated heterocycles. The summed E-state index contributed by atoms with van der Waals surface area (Å²) in [5.41, 5.74) is 0.403. The third-order valence-electron chi connectivity index (χ3n) is 2.57. The summed E-state index contributed by atoms with van der Waals surface area (Å²) in [7, 11) is 0. The lowest BCUT2D eigenvalue weighted by atomic mass is 10.0. The van der Waals surface area contributed by atoms with Crippen LogP contribution >= 0.6 is 0 Å². The molecule has 0 radical (unpaired) electrons. The van der Waals surface area contributed by atoms with Crippen molar-refractivity contribution in [2.45, 2.75) is 26.4 Å². The predicted molar refractivity (Wildman–Crippen MR) is 58.9 cm³/mol. The lowest BCUT2D eigenvalue weighted by Crippen LogP contribution is -2.36. The minimum absolute atomic E-state index is 0.000477. The molecule has 0 saturated carbocycles. The first kappa shape index (κ1) is 13.1. The molecule has 16 heavy (non-hydrogen) atoms. The van der Waals surface area contributed by atoms with Crippen LogP contribution in [0.2, 0.25) is 0 Å². The second kappa shape index (κ2) is 5.92. The quantitative estimate of drug-likeness (QED) is 0.810. The van der Waals surface area contributed by atoms with Crippen molar-refractivity contribution in [3.05, 3.63) is 35.4 Å². The number of halogens is 2. The molecule has 0 spiro atoms. The van der Waals surface area contributed by atoms with Gasteiger partial charge < -0.3 is 10.4 Å². The van der Waals surface area contributed by atoms with E-state index in [4.69, 9.17) is 5.11 Å². The van der Waals surface area contributed by atoms with Crippen molar-refractivity contribution in [1.29, 1.82) is 0 Å². The van der Waals surface area contributed by atoms with Crippen LogP contribution in [-0.4, -0.2) is 17.8 Å². The molecule has 1 rings (SSSR count). The van der Waals surface area contributed by atoms with Crippen molar-refractivity contribution in [2.24, 2.45) is 5.92 Å². The summed E-state index contributed by atoms with van der Waals surface area (Å²) >= 11 is 0.